The number of nitrogens with zero attached hydrogens (tertiary/aromatic N) is 1. The first-order valence-electron chi connectivity index (χ1n) is 6.92. The van der Waals surface area contributed by atoms with Gasteiger partial charge in [-0.25, -0.2) is 5.06 Å². The molecule has 1 aromatic rings. The van der Waals surface area contributed by atoms with Crippen molar-refractivity contribution in [3.63, 3.8) is 0 Å². The van der Waals surface area contributed by atoms with E-state index >= 15 is 0 Å². The van der Waals surface area contributed by atoms with Crippen molar-refractivity contribution in [2.24, 2.45) is 0 Å². The molecule has 0 spiro atoms. The average Bonchev–Trinajstić information content (AvgIpc) is 2.41. The Morgan fingerprint density at radius 3 is 2.36 bits per heavy atom. The number of hydrogen-bond acceptors (Lipinski definition) is 3. The van der Waals surface area contributed by atoms with Crippen molar-refractivity contribution in [2.45, 2.75) is 33.3 Å². The summed E-state index contributed by atoms with van der Waals surface area (Å²) in [6, 6.07) is 7.88. The zero-order valence-corrected chi connectivity index (χ0v) is 13.9. The maximum absolute atomic E-state index is 11.4. The smallest absolute Gasteiger partial charge is 0.321 e. The monoisotopic (exact) mass is 327 g/mol. The van der Waals surface area contributed by atoms with E-state index in [0.717, 1.165) is 16.4 Å². The second-order valence-electron chi connectivity index (χ2n) is 5.22. The predicted octanol–water partition coefficient (Wildman–Crippen LogP) is 2.78. The zero-order valence-electron chi connectivity index (χ0n) is 13.0. The zero-order chi connectivity index (χ0) is 16.8. The van der Waals surface area contributed by atoms with E-state index in [-0.39, 0.29) is 19.1 Å². The molecule has 0 unspecified atom stereocenters. The molecule has 0 aliphatic heterocycles. The first-order chi connectivity index (χ1) is 10.2. The van der Waals surface area contributed by atoms with Crippen molar-refractivity contribution < 1.29 is 24.0 Å². The average molecular weight is 327 g/mol. The fourth-order valence-corrected chi connectivity index (χ4v) is 2.07. The first-order valence-corrected chi connectivity index (χ1v) is 8.60. The predicted molar refractivity (Wildman–Crippen MR) is 83.9 cm³/mol. The Morgan fingerprint density at radius 2 is 1.91 bits per heavy atom. The normalized spacial score (nSPS) is 12.1. The summed E-state index contributed by atoms with van der Waals surface area (Å²) in [5.74, 6) is 0.861. The van der Waals surface area contributed by atoms with Crippen LogP contribution in [0.15, 0.2) is 36.2 Å². The summed E-state index contributed by atoms with van der Waals surface area (Å²) in [4.78, 5) is 34.3. The molecule has 1 rings (SSSR count). The molecule has 0 aliphatic rings. The second-order valence-corrected chi connectivity index (χ2v) is 6.70. The summed E-state index contributed by atoms with van der Waals surface area (Å²) in [6.07, 6.45) is 1.21. The summed E-state index contributed by atoms with van der Waals surface area (Å²) >= 11 is 0. The van der Waals surface area contributed by atoms with Crippen molar-refractivity contribution in [2.75, 3.05) is 6.54 Å². The van der Waals surface area contributed by atoms with Gasteiger partial charge in [-0.3, -0.25) is 14.2 Å². The Hall–Kier alpha value is -1.46. The molecule has 7 heteroatoms. The Bertz CT molecular complexity index is 562. The molecule has 0 aromatic heterocycles. The molecule has 0 aliphatic carbocycles. The minimum absolute atomic E-state index is 0.0233. The molecule has 0 radical (unpaired) electrons. The fourth-order valence-electron chi connectivity index (χ4n) is 1.70. The summed E-state index contributed by atoms with van der Waals surface area (Å²) in [5, 5.41) is 1.06. The maximum atomic E-state index is 11.4. The van der Waals surface area contributed by atoms with E-state index in [0.29, 0.717) is 5.92 Å². The third-order valence-electron chi connectivity index (χ3n) is 2.96. The topological polar surface area (TPSA) is 87.1 Å². The molecule has 0 saturated heterocycles. The van der Waals surface area contributed by atoms with Gasteiger partial charge in [0.25, 0.3) is 0 Å². The van der Waals surface area contributed by atoms with Gasteiger partial charge in [0.15, 0.2) is 0 Å². The minimum atomic E-state index is -4.22. The van der Waals surface area contributed by atoms with Gasteiger partial charge in [-0.1, -0.05) is 44.2 Å². The molecule has 1 amide bonds. The number of benzene rings is 1. The van der Waals surface area contributed by atoms with Crippen LogP contribution < -0.4 is 0 Å². The van der Waals surface area contributed by atoms with Crippen molar-refractivity contribution in [3.8, 4) is 0 Å². The number of hydroxylamine groups is 2. The molecule has 0 bridgehead atoms. The van der Waals surface area contributed by atoms with Gasteiger partial charge in [-0.15, -0.1) is 0 Å². The van der Waals surface area contributed by atoms with Crippen molar-refractivity contribution in [3.05, 3.63) is 47.3 Å². The van der Waals surface area contributed by atoms with Crippen LogP contribution in [0.1, 0.15) is 37.8 Å². The Morgan fingerprint density at radius 1 is 1.32 bits per heavy atom. The SMILES string of the molecule is CC(=O)N(C/C=C/P(=O)(O)O)OCc1ccc(C(C)C)cc1. The van der Waals surface area contributed by atoms with Crippen LogP contribution in [0.3, 0.4) is 0 Å². The summed E-state index contributed by atoms with van der Waals surface area (Å²) < 4.78 is 10.7. The lowest BCUT2D eigenvalue weighted by Gasteiger charge is -2.19. The van der Waals surface area contributed by atoms with Crippen molar-refractivity contribution in [1.29, 1.82) is 0 Å². The molecule has 2 N–H and O–H groups in total. The van der Waals surface area contributed by atoms with Gasteiger partial charge >= 0.3 is 7.60 Å². The van der Waals surface area contributed by atoms with Gasteiger partial charge in [0.05, 0.1) is 6.54 Å². The molecular weight excluding hydrogens is 305 g/mol. The Kier molecular flexibility index (Phi) is 6.97. The van der Waals surface area contributed by atoms with Crippen molar-refractivity contribution in [1.82, 2.24) is 5.06 Å². The molecule has 0 atom stereocenters. The molecule has 0 heterocycles. The summed E-state index contributed by atoms with van der Waals surface area (Å²) in [5.41, 5.74) is 2.13. The van der Waals surface area contributed by atoms with Crippen LogP contribution in [0.5, 0.6) is 0 Å². The number of carbonyl (C=O) groups is 1. The molecule has 0 fully saturated rings. The van der Waals surface area contributed by atoms with Crippen LogP contribution in [0.25, 0.3) is 0 Å². The second kappa shape index (κ2) is 8.25. The van der Waals surface area contributed by atoms with E-state index in [1.807, 2.05) is 24.3 Å². The van der Waals surface area contributed by atoms with Crippen molar-refractivity contribution >= 4 is 13.5 Å². The minimum Gasteiger partial charge on any atom is -0.321 e. The Labute approximate surface area is 130 Å². The van der Waals surface area contributed by atoms with Gasteiger partial charge < -0.3 is 9.79 Å². The number of rotatable bonds is 7. The molecule has 6 nitrogen and oxygen atoms in total. The van der Waals surface area contributed by atoms with Crippen LogP contribution in [0, 0.1) is 0 Å². The quantitative estimate of drug-likeness (QED) is 0.594. The lowest BCUT2D eigenvalue weighted by atomic mass is 10.0. The highest BCUT2D eigenvalue weighted by Crippen LogP contribution is 2.35. The standard InChI is InChI=1S/C15H22NO5P/c1-12(2)15-7-5-14(6-8-15)11-21-16(13(3)17)9-4-10-22(18,19)20/h4-8,10,12H,9,11H2,1-3H3,(H2,18,19,20)/b10-4+. The Balaban J connectivity index is 2.59. The van der Waals surface area contributed by atoms with E-state index in [1.54, 1.807) is 0 Å². The highest BCUT2D eigenvalue weighted by molar-refractivity contribution is 7.55. The third kappa shape index (κ3) is 7.00. The van der Waals surface area contributed by atoms with Crippen LogP contribution in [0.4, 0.5) is 0 Å². The lowest BCUT2D eigenvalue weighted by Crippen LogP contribution is -2.29. The highest BCUT2D eigenvalue weighted by Gasteiger charge is 2.10. The lowest BCUT2D eigenvalue weighted by molar-refractivity contribution is -0.185. The van der Waals surface area contributed by atoms with Crippen LogP contribution in [-0.4, -0.2) is 27.3 Å². The van der Waals surface area contributed by atoms with E-state index in [1.165, 1.54) is 18.6 Å². The third-order valence-corrected chi connectivity index (χ3v) is 3.55. The van der Waals surface area contributed by atoms with E-state index in [4.69, 9.17) is 14.6 Å². The fraction of sp³-hybridized carbons (Fsp3) is 0.400. The molecule has 22 heavy (non-hydrogen) atoms. The van der Waals surface area contributed by atoms with Crippen LogP contribution in [0.2, 0.25) is 0 Å². The van der Waals surface area contributed by atoms with E-state index in [2.05, 4.69) is 13.8 Å². The number of hydrogen-bond donors (Lipinski definition) is 2. The largest absolute Gasteiger partial charge is 0.348 e. The summed E-state index contributed by atoms with van der Waals surface area (Å²) in [6.45, 7) is 5.73. The van der Waals surface area contributed by atoms with Gasteiger partial charge in [0, 0.05) is 12.7 Å². The maximum Gasteiger partial charge on any atom is 0.348 e. The van der Waals surface area contributed by atoms with Gasteiger partial charge in [0.2, 0.25) is 5.91 Å². The number of amides is 1. The highest BCUT2D eigenvalue weighted by atomic mass is 31.2. The van der Waals surface area contributed by atoms with E-state index < -0.39 is 7.60 Å². The van der Waals surface area contributed by atoms with Crippen LogP contribution in [-0.2, 0) is 20.8 Å². The number of carbonyl (C=O) groups excluding carboxylic acids is 1. The van der Waals surface area contributed by atoms with E-state index in [9.17, 15) is 9.36 Å². The molecule has 0 saturated carbocycles. The molecular formula is C15H22NO5P. The van der Waals surface area contributed by atoms with Gasteiger partial charge in [-0.05, 0) is 17.0 Å². The van der Waals surface area contributed by atoms with Gasteiger partial charge in [0.1, 0.15) is 6.61 Å². The summed E-state index contributed by atoms with van der Waals surface area (Å²) in [7, 11) is -4.22. The molecule has 1 aromatic carbocycles. The van der Waals surface area contributed by atoms with Gasteiger partial charge in [-0.2, -0.15) is 0 Å². The first kappa shape index (κ1) is 18.6. The molecule has 122 valence electrons. The van der Waals surface area contributed by atoms with Crippen LogP contribution >= 0.6 is 7.60 Å².